The topological polar surface area (TPSA) is 67.2 Å². The van der Waals surface area contributed by atoms with E-state index >= 15 is 0 Å². The molecule has 0 spiro atoms. The second-order valence-electron chi connectivity index (χ2n) is 4.69. The molecule has 0 unspecified atom stereocenters. The molecule has 6 heteroatoms. The van der Waals surface area contributed by atoms with Crippen molar-refractivity contribution in [1.82, 2.24) is 15.6 Å². The van der Waals surface area contributed by atoms with Crippen LogP contribution < -0.4 is 10.6 Å². The van der Waals surface area contributed by atoms with Crippen LogP contribution in [0.15, 0.2) is 28.2 Å². The second-order valence-corrected chi connectivity index (χ2v) is 5.75. The van der Waals surface area contributed by atoms with Crippen LogP contribution in [0.3, 0.4) is 0 Å². The number of rotatable bonds is 6. The van der Waals surface area contributed by atoms with Crippen molar-refractivity contribution in [2.75, 3.05) is 6.54 Å². The van der Waals surface area contributed by atoms with Crippen molar-refractivity contribution in [3.8, 4) is 0 Å². The Kier molecular flexibility index (Phi) is 5.17. The summed E-state index contributed by atoms with van der Waals surface area (Å²) in [5.41, 5.74) is 1.02. The van der Waals surface area contributed by atoms with Crippen LogP contribution in [0, 0.1) is 6.92 Å². The molecule has 0 radical (unpaired) electrons. The Labute approximate surface area is 122 Å². The van der Waals surface area contributed by atoms with E-state index < -0.39 is 0 Å². The standard InChI is InChI=1S/C14H19N3O2S/c1-10(8-13-4-3-7-19-13)16-14(18)15-6-5-12-9-20-11(2)17-12/h3-4,7,9-10H,5-6,8H2,1-2H3,(H2,15,16,18)/t10-/m1/s1. The Morgan fingerprint density at radius 1 is 1.55 bits per heavy atom. The van der Waals surface area contributed by atoms with Crippen molar-refractivity contribution in [2.24, 2.45) is 0 Å². The van der Waals surface area contributed by atoms with E-state index in [-0.39, 0.29) is 12.1 Å². The van der Waals surface area contributed by atoms with E-state index in [0.29, 0.717) is 13.0 Å². The predicted molar refractivity (Wildman–Crippen MR) is 79.0 cm³/mol. The zero-order valence-corrected chi connectivity index (χ0v) is 12.5. The molecule has 20 heavy (non-hydrogen) atoms. The summed E-state index contributed by atoms with van der Waals surface area (Å²) < 4.78 is 5.25. The molecule has 0 saturated heterocycles. The number of hydrogen-bond donors (Lipinski definition) is 2. The Morgan fingerprint density at radius 2 is 2.40 bits per heavy atom. The number of nitrogens with zero attached hydrogens (tertiary/aromatic N) is 1. The minimum absolute atomic E-state index is 0.0302. The van der Waals surface area contributed by atoms with Gasteiger partial charge in [-0.25, -0.2) is 9.78 Å². The van der Waals surface area contributed by atoms with Gasteiger partial charge in [0.15, 0.2) is 0 Å². The van der Waals surface area contributed by atoms with E-state index in [4.69, 9.17) is 4.42 Å². The number of hydrogen-bond acceptors (Lipinski definition) is 4. The molecule has 2 amide bonds. The van der Waals surface area contributed by atoms with Gasteiger partial charge < -0.3 is 15.1 Å². The normalized spacial score (nSPS) is 12.1. The summed E-state index contributed by atoms with van der Waals surface area (Å²) in [6.07, 6.45) is 3.08. The van der Waals surface area contributed by atoms with Gasteiger partial charge in [-0.05, 0) is 26.0 Å². The minimum Gasteiger partial charge on any atom is -0.469 e. The van der Waals surface area contributed by atoms with Crippen molar-refractivity contribution in [3.05, 3.63) is 40.2 Å². The number of urea groups is 1. The lowest BCUT2D eigenvalue weighted by Crippen LogP contribution is -2.42. The number of aromatic nitrogens is 1. The van der Waals surface area contributed by atoms with Crippen LogP contribution in [0.1, 0.15) is 23.4 Å². The summed E-state index contributed by atoms with van der Waals surface area (Å²) in [6, 6.07) is 3.62. The molecule has 2 aromatic heterocycles. The fourth-order valence-corrected chi connectivity index (χ4v) is 2.53. The van der Waals surface area contributed by atoms with Gasteiger partial charge in [-0.2, -0.15) is 0 Å². The summed E-state index contributed by atoms with van der Waals surface area (Å²) in [4.78, 5) is 16.1. The fraction of sp³-hybridized carbons (Fsp3) is 0.429. The highest BCUT2D eigenvalue weighted by atomic mass is 32.1. The fourth-order valence-electron chi connectivity index (χ4n) is 1.88. The van der Waals surface area contributed by atoms with Gasteiger partial charge in [0.2, 0.25) is 0 Å². The lowest BCUT2D eigenvalue weighted by atomic mass is 10.2. The van der Waals surface area contributed by atoms with Crippen molar-refractivity contribution in [1.29, 1.82) is 0 Å². The molecule has 1 atom stereocenters. The SMILES string of the molecule is Cc1nc(CCNC(=O)N[C@H](C)Cc2ccco2)cs1. The summed E-state index contributed by atoms with van der Waals surface area (Å²) >= 11 is 1.63. The molecule has 2 rings (SSSR count). The monoisotopic (exact) mass is 293 g/mol. The Bertz CT molecular complexity index is 536. The van der Waals surface area contributed by atoms with Crippen LogP contribution in [0.25, 0.3) is 0 Å². The summed E-state index contributed by atoms with van der Waals surface area (Å²) in [7, 11) is 0. The third-order valence-corrected chi connectivity index (χ3v) is 3.62. The van der Waals surface area contributed by atoms with Crippen LogP contribution >= 0.6 is 11.3 Å². The first-order valence-electron chi connectivity index (χ1n) is 6.61. The van der Waals surface area contributed by atoms with E-state index in [1.807, 2.05) is 31.4 Å². The second kappa shape index (κ2) is 7.09. The van der Waals surface area contributed by atoms with Gasteiger partial charge in [-0.3, -0.25) is 0 Å². The van der Waals surface area contributed by atoms with Gasteiger partial charge in [0, 0.05) is 30.8 Å². The van der Waals surface area contributed by atoms with E-state index in [1.165, 1.54) is 0 Å². The largest absolute Gasteiger partial charge is 0.469 e. The average molecular weight is 293 g/mol. The lowest BCUT2D eigenvalue weighted by molar-refractivity contribution is 0.237. The number of carbonyl (C=O) groups is 1. The van der Waals surface area contributed by atoms with Crippen LogP contribution in [0.5, 0.6) is 0 Å². The molecule has 0 aromatic carbocycles. The highest BCUT2D eigenvalue weighted by molar-refractivity contribution is 7.09. The molecule has 5 nitrogen and oxygen atoms in total. The van der Waals surface area contributed by atoms with Gasteiger partial charge in [-0.15, -0.1) is 11.3 Å². The number of nitrogens with one attached hydrogen (secondary N) is 2. The third-order valence-electron chi connectivity index (χ3n) is 2.80. The Balaban J connectivity index is 1.64. The average Bonchev–Trinajstić information content (AvgIpc) is 3.01. The van der Waals surface area contributed by atoms with Crippen molar-refractivity contribution < 1.29 is 9.21 Å². The predicted octanol–water partition coefficient (Wildman–Crippen LogP) is 2.52. The summed E-state index contributed by atoms with van der Waals surface area (Å²) in [6.45, 7) is 4.51. The minimum atomic E-state index is -0.156. The maximum absolute atomic E-state index is 11.7. The van der Waals surface area contributed by atoms with E-state index in [1.54, 1.807) is 17.6 Å². The van der Waals surface area contributed by atoms with Crippen LogP contribution in [-0.4, -0.2) is 23.6 Å². The van der Waals surface area contributed by atoms with Crippen molar-refractivity contribution in [3.63, 3.8) is 0 Å². The lowest BCUT2D eigenvalue weighted by Gasteiger charge is -2.13. The number of carbonyl (C=O) groups excluding carboxylic acids is 1. The smallest absolute Gasteiger partial charge is 0.315 e. The van der Waals surface area contributed by atoms with Crippen molar-refractivity contribution >= 4 is 17.4 Å². The highest BCUT2D eigenvalue weighted by Gasteiger charge is 2.09. The molecule has 108 valence electrons. The molecule has 0 aliphatic carbocycles. The van der Waals surface area contributed by atoms with Crippen LogP contribution in [0.2, 0.25) is 0 Å². The first-order chi connectivity index (χ1) is 9.63. The molecule has 2 aromatic rings. The van der Waals surface area contributed by atoms with Gasteiger partial charge in [-0.1, -0.05) is 0 Å². The summed E-state index contributed by atoms with van der Waals surface area (Å²) in [5.74, 6) is 0.871. The molecule has 2 heterocycles. The highest BCUT2D eigenvalue weighted by Crippen LogP contribution is 2.07. The quantitative estimate of drug-likeness (QED) is 0.860. The maximum Gasteiger partial charge on any atom is 0.315 e. The Hall–Kier alpha value is -1.82. The first kappa shape index (κ1) is 14.6. The zero-order chi connectivity index (χ0) is 14.4. The molecular weight excluding hydrogens is 274 g/mol. The molecule has 0 bridgehead atoms. The van der Waals surface area contributed by atoms with E-state index in [9.17, 15) is 4.79 Å². The maximum atomic E-state index is 11.7. The number of aryl methyl sites for hydroxylation is 1. The number of thiazole rings is 1. The van der Waals surface area contributed by atoms with Gasteiger partial charge in [0.05, 0.1) is 17.0 Å². The van der Waals surface area contributed by atoms with Crippen LogP contribution in [-0.2, 0) is 12.8 Å². The summed E-state index contributed by atoms with van der Waals surface area (Å²) in [5, 5.41) is 8.79. The van der Waals surface area contributed by atoms with E-state index in [2.05, 4.69) is 15.6 Å². The third kappa shape index (κ3) is 4.70. The molecular formula is C14H19N3O2S. The zero-order valence-electron chi connectivity index (χ0n) is 11.7. The molecule has 0 aliphatic heterocycles. The van der Waals surface area contributed by atoms with Gasteiger partial charge in [0.1, 0.15) is 5.76 Å². The van der Waals surface area contributed by atoms with Crippen molar-refractivity contribution in [2.45, 2.75) is 32.7 Å². The molecule has 2 N–H and O–H groups in total. The Morgan fingerprint density at radius 3 is 3.05 bits per heavy atom. The first-order valence-corrected chi connectivity index (χ1v) is 7.49. The number of amides is 2. The number of furan rings is 1. The molecule has 0 fully saturated rings. The van der Waals surface area contributed by atoms with Gasteiger partial charge >= 0.3 is 6.03 Å². The van der Waals surface area contributed by atoms with E-state index in [0.717, 1.165) is 22.9 Å². The van der Waals surface area contributed by atoms with Gasteiger partial charge in [0.25, 0.3) is 0 Å². The molecule has 0 aliphatic rings. The molecule has 0 saturated carbocycles. The van der Waals surface area contributed by atoms with Crippen LogP contribution in [0.4, 0.5) is 4.79 Å².